The van der Waals surface area contributed by atoms with E-state index in [2.05, 4.69) is 31.2 Å². The standard InChI is InChI=1S/C12H20N2O3/c1-6-16-11(15)10-9(8(2)17-14-10)7-13-12(3,4)5/h13H,6-7H2,1-5H3. The van der Waals surface area contributed by atoms with E-state index in [0.717, 1.165) is 5.56 Å². The fraction of sp³-hybridized carbons (Fsp3) is 0.667. The van der Waals surface area contributed by atoms with Gasteiger partial charge in [0.1, 0.15) is 5.76 Å². The number of hydrogen-bond donors (Lipinski definition) is 1. The molecule has 0 fully saturated rings. The Morgan fingerprint density at radius 1 is 1.47 bits per heavy atom. The third-order valence-electron chi connectivity index (χ3n) is 2.25. The molecule has 5 nitrogen and oxygen atoms in total. The Kier molecular flexibility index (Phi) is 4.28. The highest BCUT2D eigenvalue weighted by Gasteiger charge is 2.22. The van der Waals surface area contributed by atoms with Crippen molar-refractivity contribution in [2.45, 2.75) is 46.7 Å². The van der Waals surface area contributed by atoms with E-state index < -0.39 is 5.97 Å². The first-order chi connectivity index (χ1) is 7.85. The molecule has 1 rings (SSSR count). The normalized spacial score (nSPS) is 11.6. The molecule has 0 aliphatic heterocycles. The molecular formula is C12H20N2O3. The Labute approximate surface area is 102 Å². The molecule has 0 aliphatic rings. The molecule has 1 heterocycles. The van der Waals surface area contributed by atoms with E-state index in [4.69, 9.17) is 9.26 Å². The molecule has 96 valence electrons. The van der Waals surface area contributed by atoms with Crippen molar-refractivity contribution < 1.29 is 14.1 Å². The number of hydrogen-bond acceptors (Lipinski definition) is 5. The summed E-state index contributed by atoms with van der Waals surface area (Å²) in [6, 6.07) is 0. The van der Waals surface area contributed by atoms with E-state index in [1.165, 1.54) is 0 Å². The topological polar surface area (TPSA) is 64.4 Å². The van der Waals surface area contributed by atoms with Gasteiger partial charge in [0.2, 0.25) is 0 Å². The fourth-order valence-corrected chi connectivity index (χ4v) is 1.31. The van der Waals surface area contributed by atoms with Crippen LogP contribution in [0.5, 0.6) is 0 Å². The second-order valence-electron chi connectivity index (χ2n) is 4.89. The zero-order valence-corrected chi connectivity index (χ0v) is 11.1. The van der Waals surface area contributed by atoms with Gasteiger partial charge in [-0.1, -0.05) is 5.16 Å². The highest BCUT2D eigenvalue weighted by Crippen LogP contribution is 2.15. The SMILES string of the molecule is CCOC(=O)c1noc(C)c1CNC(C)(C)C. The predicted molar refractivity (Wildman–Crippen MR) is 63.8 cm³/mol. The Hall–Kier alpha value is -1.36. The summed E-state index contributed by atoms with van der Waals surface area (Å²) in [4.78, 5) is 11.6. The predicted octanol–water partition coefficient (Wildman–Crippen LogP) is 2.05. The lowest BCUT2D eigenvalue weighted by Gasteiger charge is -2.20. The molecule has 0 atom stereocenters. The molecular weight excluding hydrogens is 220 g/mol. The van der Waals surface area contributed by atoms with Gasteiger partial charge in [-0.2, -0.15) is 0 Å². The van der Waals surface area contributed by atoms with Crippen molar-refractivity contribution in [3.63, 3.8) is 0 Å². The van der Waals surface area contributed by atoms with Gasteiger partial charge in [-0.25, -0.2) is 4.79 Å². The third kappa shape index (κ3) is 3.85. The lowest BCUT2D eigenvalue weighted by atomic mass is 10.1. The molecule has 0 unspecified atom stereocenters. The van der Waals surface area contributed by atoms with Crippen LogP contribution in [-0.4, -0.2) is 23.3 Å². The third-order valence-corrected chi connectivity index (χ3v) is 2.25. The molecule has 1 N–H and O–H groups in total. The second-order valence-corrected chi connectivity index (χ2v) is 4.89. The van der Waals surface area contributed by atoms with Gasteiger partial charge in [0.15, 0.2) is 5.69 Å². The molecule has 0 aliphatic carbocycles. The lowest BCUT2D eigenvalue weighted by molar-refractivity contribution is 0.0513. The molecule has 0 aromatic carbocycles. The van der Waals surface area contributed by atoms with Gasteiger partial charge in [-0.3, -0.25) is 0 Å². The quantitative estimate of drug-likeness (QED) is 0.816. The minimum atomic E-state index is -0.435. The number of carbonyl (C=O) groups is 1. The maximum absolute atomic E-state index is 11.6. The van der Waals surface area contributed by atoms with Crippen LogP contribution >= 0.6 is 0 Å². The average molecular weight is 240 g/mol. The number of rotatable bonds is 4. The number of aromatic nitrogens is 1. The molecule has 17 heavy (non-hydrogen) atoms. The molecule has 5 heteroatoms. The van der Waals surface area contributed by atoms with Gasteiger partial charge in [-0.15, -0.1) is 0 Å². The average Bonchev–Trinajstić information content (AvgIpc) is 2.56. The molecule has 0 saturated carbocycles. The van der Waals surface area contributed by atoms with Crippen molar-refractivity contribution >= 4 is 5.97 Å². The van der Waals surface area contributed by atoms with Gasteiger partial charge < -0.3 is 14.6 Å². The first-order valence-electron chi connectivity index (χ1n) is 5.72. The van der Waals surface area contributed by atoms with E-state index in [1.54, 1.807) is 13.8 Å². The van der Waals surface area contributed by atoms with Gasteiger partial charge >= 0.3 is 5.97 Å². The summed E-state index contributed by atoms with van der Waals surface area (Å²) in [7, 11) is 0. The van der Waals surface area contributed by atoms with Crippen molar-refractivity contribution in [1.29, 1.82) is 0 Å². The summed E-state index contributed by atoms with van der Waals surface area (Å²) in [5.41, 5.74) is 0.995. The molecule has 1 aromatic rings. The van der Waals surface area contributed by atoms with Crippen LogP contribution in [0.3, 0.4) is 0 Å². The van der Waals surface area contributed by atoms with E-state index in [-0.39, 0.29) is 11.2 Å². The number of nitrogens with one attached hydrogen (secondary N) is 1. The molecule has 1 aromatic heterocycles. The van der Waals surface area contributed by atoms with Crippen molar-refractivity contribution in [1.82, 2.24) is 10.5 Å². The minimum Gasteiger partial charge on any atom is -0.461 e. The summed E-state index contributed by atoms with van der Waals surface area (Å²) in [5.74, 6) is 0.208. The maximum Gasteiger partial charge on any atom is 0.360 e. The zero-order valence-electron chi connectivity index (χ0n) is 11.1. The molecule has 0 saturated heterocycles. The van der Waals surface area contributed by atoms with Crippen LogP contribution in [0.4, 0.5) is 0 Å². The summed E-state index contributed by atoms with van der Waals surface area (Å²) in [5, 5.41) is 7.04. The van der Waals surface area contributed by atoms with Crippen molar-refractivity contribution in [3.8, 4) is 0 Å². The van der Waals surface area contributed by atoms with Crippen LogP contribution in [0.1, 0.15) is 49.5 Å². The van der Waals surface area contributed by atoms with Crippen LogP contribution < -0.4 is 5.32 Å². The molecule has 0 amide bonds. The Morgan fingerprint density at radius 2 is 2.12 bits per heavy atom. The monoisotopic (exact) mass is 240 g/mol. The Morgan fingerprint density at radius 3 is 2.65 bits per heavy atom. The molecule has 0 bridgehead atoms. The van der Waals surface area contributed by atoms with Crippen molar-refractivity contribution in [3.05, 3.63) is 17.0 Å². The van der Waals surface area contributed by atoms with Gasteiger partial charge in [0.05, 0.1) is 6.61 Å². The highest BCUT2D eigenvalue weighted by atomic mass is 16.5. The van der Waals surface area contributed by atoms with Crippen molar-refractivity contribution in [2.75, 3.05) is 6.61 Å². The largest absolute Gasteiger partial charge is 0.461 e. The summed E-state index contributed by atoms with van der Waals surface area (Å²) in [6.45, 7) is 10.6. The van der Waals surface area contributed by atoms with Crippen LogP contribution in [0.2, 0.25) is 0 Å². The number of ether oxygens (including phenoxy) is 1. The van der Waals surface area contributed by atoms with Gasteiger partial charge in [0, 0.05) is 17.6 Å². The first-order valence-corrected chi connectivity index (χ1v) is 5.72. The first kappa shape index (κ1) is 13.7. The number of nitrogens with zero attached hydrogens (tertiary/aromatic N) is 1. The smallest absolute Gasteiger partial charge is 0.360 e. The molecule has 0 spiro atoms. The number of esters is 1. The lowest BCUT2D eigenvalue weighted by Crippen LogP contribution is -2.35. The Bertz CT molecular complexity index is 391. The van der Waals surface area contributed by atoms with Crippen LogP contribution in [0.15, 0.2) is 4.52 Å². The van der Waals surface area contributed by atoms with E-state index in [1.807, 2.05) is 0 Å². The van der Waals surface area contributed by atoms with Crippen LogP contribution in [-0.2, 0) is 11.3 Å². The van der Waals surface area contributed by atoms with Crippen molar-refractivity contribution in [2.24, 2.45) is 0 Å². The maximum atomic E-state index is 11.6. The van der Waals surface area contributed by atoms with E-state index in [0.29, 0.717) is 18.9 Å². The molecule has 0 radical (unpaired) electrons. The van der Waals surface area contributed by atoms with E-state index in [9.17, 15) is 4.79 Å². The Balaban J connectivity index is 2.83. The fourth-order valence-electron chi connectivity index (χ4n) is 1.31. The van der Waals surface area contributed by atoms with Gasteiger partial charge in [0.25, 0.3) is 0 Å². The second kappa shape index (κ2) is 5.31. The minimum absolute atomic E-state index is 0.0321. The van der Waals surface area contributed by atoms with Crippen LogP contribution in [0, 0.1) is 6.92 Å². The number of carbonyl (C=O) groups excluding carboxylic acids is 1. The van der Waals surface area contributed by atoms with Gasteiger partial charge in [-0.05, 0) is 34.6 Å². The van der Waals surface area contributed by atoms with E-state index >= 15 is 0 Å². The summed E-state index contributed by atoms with van der Waals surface area (Å²) < 4.78 is 9.96. The zero-order chi connectivity index (χ0) is 13.1. The van der Waals surface area contributed by atoms with Crippen LogP contribution in [0.25, 0.3) is 0 Å². The summed E-state index contributed by atoms with van der Waals surface area (Å²) in [6.07, 6.45) is 0. The number of aryl methyl sites for hydroxylation is 1. The highest BCUT2D eigenvalue weighted by molar-refractivity contribution is 5.88. The summed E-state index contributed by atoms with van der Waals surface area (Å²) >= 11 is 0.